The molecule has 0 aliphatic carbocycles. The van der Waals surface area contributed by atoms with Crippen molar-refractivity contribution < 1.29 is 9.47 Å². The Kier molecular flexibility index (Phi) is 10.5. The van der Waals surface area contributed by atoms with Gasteiger partial charge in [-0.15, -0.1) is 0 Å². The summed E-state index contributed by atoms with van der Waals surface area (Å²) < 4.78 is 10.9. The van der Waals surface area contributed by atoms with Crippen LogP contribution in [0.25, 0.3) is 0 Å². The van der Waals surface area contributed by atoms with Crippen LogP contribution in [-0.2, 0) is 11.2 Å². The third kappa shape index (κ3) is 8.45. The number of benzene rings is 1. The average molecular weight is 369 g/mol. The van der Waals surface area contributed by atoms with Gasteiger partial charge in [-0.3, -0.25) is 0 Å². The third-order valence-electron chi connectivity index (χ3n) is 4.80. The van der Waals surface area contributed by atoms with Gasteiger partial charge in [0.1, 0.15) is 5.75 Å². The van der Waals surface area contributed by atoms with Crippen molar-refractivity contribution in [3.05, 3.63) is 76.9 Å². The van der Waals surface area contributed by atoms with Gasteiger partial charge in [0.05, 0.1) is 13.2 Å². The second kappa shape index (κ2) is 12.3. The van der Waals surface area contributed by atoms with E-state index >= 15 is 0 Å². The molecule has 2 atom stereocenters. The van der Waals surface area contributed by atoms with Gasteiger partial charge in [-0.05, 0) is 63.8 Å². The molecule has 0 aliphatic rings. The molecule has 1 aromatic rings. The van der Waals surface area contributed by atoms with Gasteiger partial charge in [0.25, 0.3) is 0 Å². The molecule has 0 spiro atoms. The number of ether oxygens (including phenoxy) is 2. The standard InChI is InChI=1S/C25H36O2/c1-8-21(4)25(27-7)22(5)17-20(3)12-9-11-19(2)15-16-23-13-10-14-24(18-23)26-6/h8-10,12-15,17-18,22,25H,11,16H2,1-7H3/b12-9+,19-15-,20-17+,21-8+/t22-,25+/m1/s1. The molecule has 1 aromatic carbocycles. The highest BCUT2D eigenvalue weighted by molar-refractivity contribution is 5.30. The molecule has 2 nitrogen and oxygen atoms in total. The summed E-state index contributed by atoms with van der Waals surface area (Å²) in [5, 5.41) is 0. The molecule has 0 saturated carbocycles. The van der Waals surface area contributed by atoms with Crippen LogP contribution in [0.15, 0.2) is 71.4 Å². The number of hydrogen-bond acceptors (Lipinski definition) is 2. The van der Waals surface area contributed by atoms with E-state index in [1.165, 1.54) is 22.3 Å². The highest BCUT2D eigenvalue weighted by Gasteiger charge is 2.15. The normalized spacial score (nSPS) is 15.9. The Labute approximate surface area is 166 Å². The van der Waals surface area contributed by atoms with Crippen LogP contribution in [0.5, 0.6) is 5.75 Å². The average Bonchev–Trinajstić information content (AvgIpc) is 2.66. The van der Waals surface area contributed by atoms with E-state index in [1.807, 2.05) is 12.1 Å². The van der Waals surface area contributed by atoms with Gasteiger partial charge < -0.3 is 9.47 Å². The second-order valence-corrected chi connectivity index (χ2v) is 7.17. The van der Waals surface area contributed by atoms with Crippen LogP contribution in [0.3, 0.4) is 0 Å². The molecule has 2 heteroatoms. The molecule has 0 heterocycles. The van der Waals surface area contributed by atoms with Gasteiger partial charge >= 0.3 is 0 Å². The topological polar surface area (TPSA) is 18.5 Å². The van der Waals surface area contributed by atoms with E-state index in [1.54, 1.807) is 14.2 Å². The van der Waals surface area contributed by atoms with Crippen LogP contribution in [0.4, 0.5) is 0 Å². The van der Waals surface area contributed by atoms with Gasteiger partial charge in [-0.25, -0.2) is 0 Å². The number of hydrogen-bond donors (Lipinski definition) is 0. The van der Waals surface area contributed by atoms with Gasteiger partial charge in [0.15, 0.2) is 0 Å². The van der Waals surface area contributed by atoms with Gasteiger partial charge in [0, 0.05) is 13.0 Å². The van der Waals surface area contributed by atoms with Crippen molar-refractivity contribution in [1.29, 1.82) is 0 Å². The predicted molar refractivity (Wildman–Crippen MR) is 117 cm³/mol. The molecule has 0 unspecified atom stereocenters. The highest BCUT2D eigenvalue weighted by Crippen LogP contribution is 2.19. The maximum Gasteiger partial charge on any atom is 0.119 e. The smallest absolute Gasteiger partial charge is 0.119 e. The Bertz CT molecular complexity index is 692. The van der Waals surface area contributed by atoms with Crippen molar-refractivity contribution in [2.45, 2.75) is 53.6 Å². The lowest BCUT2D eigenvalue weighted by molar-refractivity contribution is 0.103. The lowest BCUT2D eigenvalue weighted by atomic mass is 9.95. The minimum absolute atomic E-state index is 0.142. The Morgan fingerprint density at radius 3 is 2.52 bits per heavy atom. The largest absolute Gasteiger partial charge is 0.497 e. The van der Waals surface area contributed by atoms with E-state index in [-0.39, 0.29) is 6.10 Å². The number of methoxy groups -OCH3 is 2. The summed E-state index contributed by atoms with van der Waals surface area (Å²) in [7, 11) is 3.49. The third-order valence-corrected chi connectivity index (χ3v) is 4.80. The molecule has 0 aliphatic heterocycles. The Balaban J connectivity index is 2.60. The van der Waals surface area contributed by atoms with Crippen LogP contribution >= 0.6 is 0 Å². The van der Waals surface area contributed by atoms with Crippen molar-refractivity contribution in [2.75, 3.05) is 14.2 Å². The van der Waals surface area contributed by atoms with Gasteiger partial charge in [0.2, 0.25) is 0 Å². The molecule has 1 rings (SSSR count). The van der Waals surface area contributed by atoms with E-state index in [4.69, 9.17) is 9.47 Å². The van der Waals surface area contributed by atoms with Crippen LogP contribution in [0, 0.1) is 5.92 Å². The van der Waals surface area contributed by atoms with E-state index in [0.29, 0.717) is 5.92 Å². The van der Waals surface area contributed by atoms with Gasteiger partial charge in [-0.1, -0.05) is 60.6 Å². The minimum atomic E-state index is 0.142. The Morgan fingerprint density at radius 2 is 1.89 bits per heavy atom. The Hall–Kier alpha value is -2.06. The molecular formula is C25H36O2. The van der Waals surface area contributed by atoms with Crippen molar-refractivity contribution in [1.82, 2.24) is 0 Å². The summed E-state index contributed by atoms with van der Waals surface area (Å²) in [4.78, 5) is 0. The number of allylic oxidation sites excluding steroid dienone is 6. The SMILES string of the molecule is C/C=C(\C)[C@H](OC)[C@H](C)/C=C(C)/C=C/C/C(C)=C\Cc1cccc(OC)c1. The Morgan fingerprint density at radius 1 is 1.15 bits per heavy atom. The van der Waals surface area contributed by atoms with Crippen molar-refractivity contribution in [3.63, 3.8) is 0 Å². The molecule has 0 N–H and O–H groups in total. The zero-order valence-electron chi connectivity index (χ0n) is 18.1. The summed E-state index contributed by atoms with van der Waals surface area (Å²) in [6, 6.07) is 8.24. The summed E-state index contributed by atoms with van der Waals surface area (Å²) in [6.45, 7) is 10.7. The molecule has 27 heavy (non-hydrogen) atoms. The molecule has 0 fully saturated rings. The first-order valence-corrected chi connectivity index (χ1v) is 9.70. The molecule has 0 aromatic heterocycles. The molecule has 0 saturated heterocycles. The summed E-state index contributed by atoms with van der Waals surface area (Å²) in [5.41, 5.74) is 5.19. The summed E-state index contributed by atoms with van der Waals surface area (Å²) in [5.74, 6) is 1.26. The molecule has 0 bridgehead atoms. The second-order valence-electron chi connectivity index (χ2n) is 7.17. The maximum absolute atomic E-state index is 5.64. The molecule has 0 radical (unpaired) electrons. The van der Waals surface area contributed by atoms with Crippen LogP contribution < -0.4 is 4.74 Å². The van der Waals surface area contributed by atoms with E-state index < -0.39 is 0 Å². The monoisotopic (exact) mass is 368 g/mol. The number of rotatable bonds is 10. The zero-order valence-corrected chi connectivity index (χ0v) is 18.1. The van der Waals surface area contributed by atoms with Crippen LogP contribution in [0.1, 0.15) is 46.6 Å². The fraction of sp³-hybridized carbons (Fsp3) is 0.440. The maximum atomic E-state index is 5.64. The first kappa shape index (κ1) is 23.0. The first-order chi connectivity index (χ1) is 12.9. The highest BCUT2D eigenvalue weighted by atomic mass is 16.5. The van der Waals surface area contributed by atoms with Gasteiger partial charge in [-0.2, -0.15) is 0 Å². The molecule has 148 valence electrons. The first-order valence-electron chi connectivity index (χ1n) is 9.70. The van der Waals surface area contributed by atoms with Crippen molar-refractivity contribution in [3.8, 4) is 5.75 Å². The fourth-order valence-corrected chi connectivity index (χ4v) is 3.14. The quantitative estimate of drug-likeness (QED) is 0.338. The molecule has 0 amide bonds. The van der Waals surface area contributed by atoms with Crippen molar-refractivity contribution >= 4 is 0 Å². The lowest BCUT2D eigenvalue weighted by Gasteiger charge is -2.21. The predicted octanol–water partition coefficient (Wildman–Crippen LogP) is 6.69. The van der Waals surface area contributed by atoms with Crippen LogP contribution in [0.2, 0.25) is 0 Å². The van der Waals surface area contributed by atoms with Crippen molar-refractivity contribution in [2.24, 2.45) is 5.92 Å². The summed E-state index contributed by atoms with van der Waals surface area (Å²) in [6.07, 6.45) is 13.2. The molecular weight excluding hydrogens is 332 g/mol. The van der Waals surface area contributed by atoms with Crippen LogP contribution in [-0.4, -0.2) is 20.3 Å². The fourth-order valence-electron chi connectivity index (χ4n) is 3.14. The van der Waals surface area contributed by atoms with E-state index in [2.05, 4.69) is 77.1 Å². The van der Waals surface area contributed by atoms with E-state index in [0.717, 1.165) is 18.6 Å². The summed E-state index contributed by atoms with van der Waals surface area (Å²) >= 11 is 0. The van der Waals surface area contributed by atoms with E-state index in [9.17, 15) is 0 Å². The zero-order chi connectivity index (χ0) is 20.2. The lowest BCUT2D eigenvalue weighted by Crippen LogP contribution is -2.20. The minimum Gasteiger partial charge on any atom is -0.497 e.